The first-order valence-corrected chi connectivity index (χ1v) is 11.6. The van der Waals surface area contributed by atoms with E-state index >= 15 is 0 Å². The Labute approximate surface area is 195 Å². The van der Waals surface area contributed by atoms with Crippen molar-refractivity contribution in [2.75, 3.05) is 23.8 Å². The summed E-state index contributed by atoms with van der Waals surface area (Å²) in [5.74, 6) is -0.750. The lowest BCUT2D eigenvalue weighted by Crippen LogP contribution is -2.45. The highest BCUT2D eigenvalue weighted by Crippen LogP contribution is 2.33. The number of amides is 3. The number of nitrogens with zero attached hydrogens (tertiary/aromatic N) is 2. The number of hydrazine groups is 1. The second kappa shape index (κ2) is 10.4. The molecule has 0 aliphatic carbocycles. The lowest BCUT2D eigenvalue weighted by molar-refractivity contribution is -0.130. The predicted octanol–water partition coefficient (Wildman–Crippen LogP) is 2.93. The summed E-state index contributed by atoms with van der Waals surface area (Å²) in [6.45, 7) is 2.57. The molecule has 2 N–H and O–H groups in total. The highest BCUT2D eigenvalue weighted by molar-refractivity contribution is 8.00. The van der Waals surface area contributed by atoms with Gasteiger partial charge in [-0.2, -0.15) is 0 Å². The Morgan fingerprint density at radius 2 is 1.94 bits per heavy atom. The van der Waals surface area contributed by atoms with Gasteiger partial charge in [0.2, 0.25) is 17.7 Å². The van der Waals surface area contributed by atoms with Crippen LogP contribution in [0.4, 0.5) is 5.69 Å². The molecule has 3 amide bonds. The average molecular weight is 465 g/mol. The molecule has 0 radical (unpaired) electrons. The van der Waals surface area contributed by atoms with Gasteiger partial charge in [0.15, 0.2) is 0 Å². The summed E-state index contributed by atoms with van der Waals surface area (Å²) in [7, 11) is 0. The molecule has 33 heavy (non-hydrogen) atoms. The molecule has 0 bridgehead atoms. The molecule has 1 saturated heterocycles. The summed E-state index contributed by atoms with van der Waals surface area (Å²) in [6.07, 6.45) is 1.78. The summed E-state index contributed by atoms with van der Waals surface area (Å²) in [4.78, 5) is 44.2. The number of carbonyl (C=O) groups excluding carboxylic acids is 3. The number of thioether (sulfide) groups is 1. The van der Waals surface area contributed by atoms with E-state index in [4.69, 9.17) is 4.74 Å². The third kappa shape index (κ3) is 5.25. The number of benzene rings is 2. The third-order valence-electron chi connectivity index (χ3n) is 5.23. The molecule has 8 nitrogen and oxygen atoms in total. The number of para-hydroxylation sites is 3. The molecule has 1 aromatic heterocycles. The van der Waals surface area contributed by atoms with Crippen molar-refractivity contribution >= 4 is 46.1 Å². The Bertz CT molecular complexity index is 1180. The van der Waals surface area contributed by atoms with E-state index in [-0.39, 0.29) is 30.5 Å². The van der Waals surface area contributed by atoms with Crippen molar-refractivity contribution in [2.45, 2.75) is 18.2 Å². The van der Waals surface area contributed by atoms with Gasteiger partial charge in [-0.15, -0.1) is 11.8 Å². The van der Waals surface area contributed by atoms with Gasteiger partial charge in [0.1, 0.15) is 5.75 Å². The summed E-state index contributed by atoms with van der Waals surface area (Å²) in [5, 5.41) is 0.998. The quantitative estimate of drug-likeness (QED) is 0.412. The van der Waals surface area contributed by atoms with Gasteiger partial charge in [-0.3, -0.25) is 30.2 Å². The number of rotatable bonds is 7. The molecule has 4 rings (SSSR count). The monoisotopic (exact) mass is 464 g/mol. The van der Waals surface area contributed by atoms with Gasteiger partial charge in [-0.25, -0.2) is 0 Å². The van der Waals surface area contributed by atoms with E-state index < -0.39 is 11.8 Å². The van der Waals surface area contributed by atoms with Gasteiger partial charge >= 0.3 is 0 Å². The van der Waals surface area contributed by atoms with Crippen molar-refractivity contribution in [3.8, 4) is 5.75 Å². The number of hydrogen-bond donors (Lipinski definition) is 2. The van der Waals surface area contributed by atoms with E-state index in [2.05, 4.69) is 15.8 Å². The first kappa shape index (κ1) is 22.6. The number of anilines is 1. The lowest BCUT2D eigenvalue weighted by atomic mass is 10.1. The number of hydrogen-bond acceptors (Lipinski definition) is 6. The Morgan fingerprint density at radius 3 is 2.79 bits per heavy atom. The van der Waals surface area contributed by atoms with Crippen molar-refractivity contribution < 1.29 is 19.1 Å². The fraction of sp³-hybridized carbons (Fsp3) is 0.250. The average Bonchev–Trinajstić information content (AvgIpc) is 3.23. The van der Waals surface area contributed by atoms with Crippen LogP contribution < -0.4 is 20.5 Å². The third-order valence-corrected chi connectivity index (χ3v) is 6.28. The molecule has 2 heterocycles. The molecule has 9 heteroatoms. The van der Waals surface area contributed by atoms with Crippen LogP contribution in [0.2, 0.25) is 0 Å². The van der Waals surface area contributed by atoms with E-state index in [1.54, 1.807) is 23.2 Å². The minimum atomic E-state index is -0.567. The zero-order valence-electron chi connectivity index (χ0n) is 18.1. The van der Waals surface area contributed by atoms with Crippen LogP contribution in [-0.2, 0) is 14.4 Å². The van der Waals surface area contributed by atoms with Gasteiger partial charge in [0.25, 0.3) is 0 Å². The fourth-order valence-corrected chi connectivity index (χ4v) is 4.52. The van der Waals surface area contributed by atoms with Gasteiger partial charge in [-0.05, 0) is 31.2 Å². The maximum atomic E-state index is 12.6. The topological polar surface area (TPSA) is 101 Å². The van der Waals surface area contributed by atoms with E-state index in [9.17, 15) is 14.4 Å². The SMILES string of the molecule is CCOc1ccccc1N1CC(C(=O)NNC(=O)CSc2cccc3cccnc23)CC1=O. The Hall–Kier alpha value is -3.59. The largest absolute Gasteiger partial charge is 0.492 e. The van der Waals surface area contributed by atoms with Gasteiger partial charge in [0, 0.05) is 29.4 Å². The lowest BCUT2D eigenvalue weighted by Gasteiger charge is -2.20. The number of carbonyl (C=O) groups is 3. The molecule has 1 aliphatic rings. The smallest absolute Gasteiger partial charge is 0.248 e. The first-order chi connectivity index (χ1) is 16.1. The van der Waals surface area contributed by atoms with Crippen LogP contribution >= 0.6 is 11.8 Å². The maximum absolute atomic E-state index is 12.6. The van der Waals surface area contributed by atoms with E-state index in [1.807, 2.05) is 49.4 Å². The second-order valence-corrected chi connectivity index (χ2v) is 8.48. The van der Waals surface area contributed by atoms with Crippen molar-refractivity contribution in [2.24, 2.45) is 5.92 Å². The maximum Gasteiger partial charge on any atom is 0.248 e. The highest BCUT2D eigenvalue weighted by Gasteiger charge is 2.36. The van der Waals surface area contributed by atoms with E-state index in [0.717, 1.165) is 15.8 Å². The second-order valence-electron chi connectivity index (χ2n) is 7.46. The van der Waals surface area contributed by atoms with Crippen molar-refractivity contribution in [3.63, 3.8) is 0 Å². The molecule has 2 aromatic carbocycles. The normalized spacial score (nSPS) is 15.5. The van der Waals surface area contributed by atoms with E-state index in [1.165, 1.54) is 11.8 Å². The molecule has 3 aromatic rings. The molecule has 170 valence electrons. The molecular weight excluding hydrogens is 440 g/mol. The minimum Gasteiger partial charge on any atom is -0.492 e. The zero-order chi connectivity index (χ0) is 23.2. The summed E-state index contributed by atoms with van der Waals surface area (Å²) < 4.78 is 5.60. The van der Waals surface area contributed by atoms with E-state index in [0.29, 0.717) is 18.0 Å². The van der Waals surface area contributed by atoms with Crippen molar-refractivity contribution in [1.82, 2.24) is 15.8 Å². The first-order valence-electron chi connectivity index (χ1n) is 10.6. The molecule has 1 aliphatic heterocycles. The molecule has 1 fully saturated rings. The summed E-state index contributed by atoms with van der Waals surface area (Å²) in [6, 6.07) is 16.9. The zero-order valence-corrected chi connectivity index (χ0v) is 18.9. The summed E-state index contributed by atoms with van der Waals surface area (Å²) >= 11 is 1.34. The molecule has 1 atom stereocenters. The predicted molar refractivity (Wildman–Crippen MR) is 127 cm³/mol. The highest BCUT2D eigenvalue weighted by atomic mass is 32.2. The van der Waals surface area contributed by atoms with Crippen LogP contribution in [0.15, 0.2) is 65.7 Å². The van der Waals surface area contributed by atoms with Crippen LogP contribution in [0.1, 0.15) is 13.3 Å². The molecule has 0 spiro atoms. The van der Waals surface area contributed by atoms with Crippen LogP contribution in [0.5, 0.6) is 5.75 Å². The van der Waals surface area contributed by atoms with Crippen molar-refractivity contribution in [3.05, 3.63) is 60.8 Å². The minimum absolute atomic E-state index is 0.0680. The van der Waals surface area contributed by atoms with Crippen molar-refractivity contribution in [1.29, 1.82) is 0 Å². The van der Waals surface area contributed by atoms with Gasteiger partial charge in [0.05, 0.1) is 29.5 Å². The van der Waals surface area contributed by atoms with Crippen LogP contribution in [-0.4, -0.2) is 41.6 Å². The van der Waals surface area contributed by atoms with Crippen LogP contribution in [0.3, 0.4) is 0 Å². The van der Waals surface area contributed by atoms with Crippen LogP contribution in [0.25, 0.3) is 10.9 Å². The molecular formula is C24H24N4O4S. The number of aromatic nitrogens is 1. The molecule has 1 unspecified atom stereocenters. The molecule has 0 saturated carbocycles. The fourth-order valence-electron chi connectivity index (χ4n) is 3.68. The Kier molecular flexibility index (Phi) is 7.09. The Morgan fingerprint density at radius 1 is 1.12 bits per heavy atom. The van der Waals surface area contributed by atoms with Crippen LogP contribution in [0, 0.1) is 5.92 Å². The standard InChI is InChI=1S/C24H24N4O4S/c1-2-32-19-10-4-3-9-18(19)28-14-17(13-22(28)30)24(31)27-26-21(29)15-33-20-11-5-7-16-8-6-12-25-23(16)20/h3-12,17H,2,13-15H2,1H3,(H,26,29)(H,27,31). The number of nitrogens with one attached hydrogen (secondary N) is 2. The number of ether oxygens (including phenoxy) is 1. The number of pyridine rings is 1. The van der Waals surface area contributed by atoms with Gasteiger partial charge in [-0.1, -0.05) is 30.3 Å². The summed E-state index contributed by atoms with van der Waals surface area (Å²) in [5.41, 5.74) is 6.37. The Balaban J connectivity index is 1.30. The van der Waals surface area contributed by atoms with Gasteiger partial charge < -0.3 is 9.64 Å². The number of fused-ring (bicyclic) bond motifs is 1.